The van der Waals surface area contributed by atoms with Gasteiger partial charge in [-0.2, -0.15) is 0 Å². The van der Waals surface area contributed by atoms with Crippen molar-refractivity contribution in [3.8, 4) is 0 Å². The molecule has 0 aliphatic carbocycles. The maximum absolute atomic E-state index is 11.9. The van der Waals surface area contributed by atoms with Crippen molar-refractivity contribution >= 4 is 34.2 Å². The lowest BCUT2D eigenvalue weighted by Gasteiger charge is -2.29. The molecular weight excluding hydrogens is 341 g/mol. The Hall–Kier alpha value is -0.660. The molecule has 0 radical (unpaired) electrons. The van der Waals surface area contributed by atoms with Crippen molar-refractivity contribution in [1.29, 1.82) is 0 Å². The predicted octanol–water partition coefficient (Wildman–Crippen LogP) is 1.65. The largest absolute Gasteiger partial charge is 0.327 e. The van der Waals surface area contributed by atoms with Crippen LogP contribution in [0.1, 0.15) is 12.8 Å². The van der Waals surface area contributed by atoms with Crippen LogP contribution in [0.25, 0.3) is 0 Å². The first-order valence-corrected chi connectivity index (χ1v) is 7.25. The Labute approximate surface area is 121 Å². The van der Waals surface area contributed by atoms with E-state index in [0.29, 0.717) is 6.54 Å². The summed E-state index contributed by atoms with van der Waals surface area (Å²) in [4.78, 5) is 14.0. The first kappa shape index (κ1) is 13.8. The molecule has 2 rings (SSSR count). The van der Waals surface area contributed by atoms with Gasteiger partial charge in [0.25, 0.3) is 0 Å². The lowest BCUT2D eigenvalue weighted by atomic mass is 10.1. The Morgan fingerprint density at radius 3 is 3.11 bits per heavy atom. The zero-order chi connectivity index (χ0) is 13.0. The van der Waals surface area contributed by atoms with E-state index >= 15 is 0 Å². The van der Waals surface area contributed by atoms with E-state index in [-0.39, 0.29) is 11.9 Å². The molecule has 18 heavy (non-hydrogen) atoms. The van der Waals surface area contributed by atoms with Crippen molar-refractivity contribution in [2.75, 3.05) is 25.0 Å². The molecule has 1 amide bonds. The van der Waals surface area contributed by atoms with Crippen LogP contribution in [-0.2, 0) is 4.79 Å². The Balaban J connectivity index is 1.85. The number of carbonyl (C=O) groups is 1. The van der Waals surface area contributed by atoms with E-state index in [1.807, 2.05) is 24.3 Å². The highest BCUT2D eigenvalue weighted by molar-refractivity contribution is 14.1. The standard InChI is InChI=1S/C13H18IN3O/c14-10-3-1-5-12(7-10)16-13(18)9-17-6-2-4-11(15)8-17/h1,3,5,7,11H,2,4,6,8-9,15H2,(H,16,18). The minimum Gasteiger partial charge on any atom is -0.327 e. The third-order valence-corrected chi connectivity index (χ3v) is 3.69. The summed E-state index contributed by atoms with van der Waals surface area (Å²) in [6, 6.07) is 8.01. The Bertz CT molecular complexity index is 424. The molecule has 1 fully saturated rings. The number of likely N-dealkylation sites (tertiary alicyclic amines) is 1. The number of carbonyl (C=O) groups excluding carboxylic acids is 1. The molecule has 0 aromatic heterocycles. The Morgan fingerprint density at radius 2 is 2.39 bits per heavy atom. The van der Waals surface area contributed by atoms with E-state index in [2.05, 4.69) is 32.8 Å². The number of nitrogens with two attached hydrogens (primary N) is 1. The summed E-state index contributed by atoms with van der Waals surface area (Å²) < 4.78 is 1.12. The maximum Gasteiger partial charge on any atom is 0.238 e. The molecule has 98 valence electrons. The number of nitrogens with zero attached hydrogens (tertiary/aromatic N) is 1. The fourth-order valence-corrected chi connectivity index (χ4v) is 2.75. The molecule has 0 saturated carbocycles. The summed E-state index contributed by atoms with van der Waals surface area (Å²) in [6.45, 7) is 2.21. The van der Waals surface area contributed by atoms with Crippen molar-refractivity contribution in [1.82, 2.24) is 4.90 Å². The van der Waals surface area contributed by atoms with Gasteiger partial charge in [-0.1, -0.05) is 6.07 Å². The van der Waals surface area contributed by atoms with E-state index < -0.39 is 0 Å². The molecule has 1 saturated heterocycles. The second-order valence-corrected chi connectivity index (χ2v) is 5.94. The Morgan fingerprint density at radius 1 is 1.56 bits per heavy atom. The van der Waals surface area contributed by atoms with Gasteiger partial charge in [0, 0.05) is 21.8 Å². The number of benzene rings is 1. The fraction of sp³-hybridized carbons (Fsp3) is 0.462. The fourth-order valence-electron chi connectivity index (χ4n) is 2.20. The number of anilines is 1. The molecule has 0 bridgehead atoms. The second-order valence-electron chi connectivity index (χ2n) is 4.70. The van der Waals surface area contributed by atoms with Crippen LogP contribution < -0.4 is 11.1 Å². The molecule has 5 heteroatoms. The molecule has 1 aliphatic heterocycles. The number of piperidine rings is 1. The van der Waals surface area contributed by atoms with Crippen LogP contribution >= 0.6 is 22.6 Å². The normalized spacial score (nSPS) is 20.7. The number of nitrogens with one attached hydrogen (secondary N) is 1. The second kappa shape index (κ2) is 6.49. The molecule has 1 unspecified atom stereocenters. The highest BCUT2D eigenvalue weighted by atomic mass is 127. The summed E-state index contributed by atoms with van der Waals surface area (Å²) in [7, 11) is 0. The number of amides is 1. The molecule has 1 atom stereocenters. The SMILES string of the molecule is NC1CCCN(CC(=O)Nc2cccc(I)c2)C1. The van der Waals surface area contributed by atoms with Crippen LogP contribution in [0.2, 0.25) is 0 Å². The van der Waals surface area contributed by atoms with Crippen LogP contribution in [0.4, 0.5) is 5.69 Å². The van der Waals surface area contributed by atoms with Gasteiger partial charge < -0.3 is 11.1 Å². The van der Waals surface area contributed by atoms with Gasteiger partial charge in [-0.25, -0.2) is 0 Å². The van der Waals surface area contributed by atoms with Crippen LogP contribution in [-0.4, -0.2) is 36.5 Å². The average Bonchev–Trinajstić information content (AvgIpc) is 2.28. The van der Waals surface area contributed by atoms with E-state index in [9.17, 15) is 4.79 Å². The van der Waals surface area contributed by atoms with Crippen LogP contribution in [0.3, 0.4) is 0 Å². The minimum atomic E-state index is 0.0334. The first-order valence-electron chi connectivity index (χ1n) is 6.17. The van der Waals surface area contributed by atoms with Crippen molar-refractivity contribution in [2.24, 2.45) is 5.73 Å². The summed E-state index contributed by atoms with van der Waals surface area (Å²) in [5.41, 5.74) is 6.75. The van der Waals surface area contributed by atoms with Crippen molar-refractivity contribution < 1.29 is 4.79 Å². The molecule has 4 nitrogen and oxygen atoms in total. The monoisotopic (exact) mass is 359 g/mol. The van der Waals surface area contributed by atoms with Gasteiger partial charge in [0.05, 0.1) is 6.54 Å². The zero-order valence-corrected chi connectivity index (χ0v) is 12.4. The third kappa shape index (κ3) is 4.22. The summed E-state index contributed by atoms with van der Waals surface area (Å²) in [5, 5.41) is 2.92. The van der Waals surface area contributed by atoms with Crippen LogP contribution in [0, 0.1) is 3.57 Å². The average molecular weight is 359 g/mol. The van der Waals surface area contributed by atoms with Gasteiger partial charge in [-0.3, -0.25) is 9.69 Å². The Kier molecular flexibility index (Phi) is 4.96. The molecular formula is C13H18IN3O. The maximum atomic E-state index is 11.9. The minimum absolute atomic E-state index is 0.0334. The van der Waals surface area contributed by atoms with E-state index in [1.54, 1.807) is 0 Å². The van der Waals surface area contributed by atoms with Crippen molar-refractivity contribution in [3.05, 3.63) is 27.8 Å². The smallest absolute Gasteiger partial charge is 0.238 e. The van der Waals surface area contributed by atoms with Gasteiger partial charge in [-0.05, 0) is 60.2 Å². The summed E-state index contributed by atoms with van der Waals surface area (Å²) >= 11 is 2.23. The van der Waals surface area contributed by atoms with Crippen LogP contribution in [0.5, 0.6) is 0 Å². The van der Waals surface area contributed by atoms with E-state index in [4.69, 9.17) is 5.73 Å². The lowest BCUT2D eigenvalue weighted by molar-refractivity contribution is -0.117. The van der Waals surface area contributed by atoms with Gasteiger partial charge in [-0.15, -0.1) is 0 Å². The molecule has 1 aliphatic rings. The van der Waals surface area contributed by atoms with Crippen LogP contribution in [0.15, 0.2) is 24.3 Å². The predicted molar refractivity (Wildman–Crippen MR) is 81.4 cm³/mol. The number of hydrogen-bond acceptors (Lipinski definition) is 3. The number of hydrogen-bond donors (Lipinski definition) is 2. The lowest BCUT2D eigenvalue weighted by Crippen LogP contribution is -2.45. The highest BCUT2D eigenvalue weighted by Crippen LogP contribution is 2.13. The quantitative estimate of drug-likeness (QED) is 0.807. The van der Waals surface area contributed by atoms with Gasteiger partial charge in [0.15, 0.2) is 0 Å². The number of rotatable bonds is 3. The number of halogens is 1. The topological polar surface area (TPSA) is 58.4 Å². The van der Waals surface area contributed by atoms with Gasteiger partial charge in [0.1, 0.15) is 0 Å². The molecule has 1 heterocycles. The summed E-state index contributed by atoms with van der Waals surface area (Å²) in [6.07, 6.45) is 2.15. The molecule has 0 spiro atoms. The van der Waals surface area contributed by atoms with Gasteiger partial charge in [0.2, 0.25) is 5.91 Å². The van der Waals surface area contributed by atoms with E-state index in [0.717, 1.165) is 35.2 Å². The van der Waals surface area contributed by atoms with E-state index in [1.165, 1.54) is 0 Å². The zero-order valence-electron chi connectivity index (χ0n) is 10.2. The van der Waals surface area contributed by atoms with Crippen molar-refractivity contribution in [3.63, 3.8) is 0 Å². The first-order chi connectivity index (χ1) is 8.63. The van der Waals surface area contributed by atoms with Crippen molar-refractivity contribution in [2.45, 2.75) is 18.9 Å². The van der Waals surface area contributed by atoms with Gasteiger partial charge >= 0.3 is 0 Å². The molecule has 1 aromatic carbocycles. The third-order valence-electron chi connectivity index (χ3n) is 3.02. The summed E-state index contributed by atoms with van der Waals surface area (Å²) in [5.74, 6) is 0.0334. The highest BCUT2D eigenvalue weighted by Gasteiger charge is 2.18. The molecule has 3 N–H and O–H groups in total. The molecule has 1 aromatic rings.